The lowest BCUT2D eigenvalue weighted by atomic mass is 9.95. The van der Waals surface area contributed by atoms with E-state index in [0.717, 1.165) is 30.6 Å². The molecule has 0 saturated heterocycles. The van der Waals surface area contributed by atoms with Crippen molar-refractivity contribution in [1.29, 1.82) is 0 Å². The number of benzene rings is 1. The SMILES string of the molecule is O=C(NC1CCCCC1)C1(Sc2ccc(F)cc2)CC1. The zero-order chi connectivity index (χ0) is 14.0. The van der Waals surface area contributed by atoms with Crippen LogP contribution in [0.25, 0.3) is 0 Å². The fraction of sp³-hybridized carbons (Fsp3) is 0.562. The van der Waals surface area contributed by atoms with Crippen LogP contribution in [0.1, 0.15) is 44.9 Å². The van der Waals surface area contributed by atoms with E-state index in [0.29, 0.717) is 6.04 Å². The molecule has 2 saturated carbocycles. The molecule has 20 heavy (non-hydrogen) atoms. The first kappa shape index (κ1) is 13.9. The summed E-state index contributed by atoms with van der Waals surface area (Å²) in [4.78, 5) is 13.4. The molecule has 2 fully saturated rings. The molecule has 4 heteroatoms. The summed E-state index contributed by atoms with van der Waals surface area (Å²) in [5, 5.41) is 3.22. The number of amides is 1. The Bertz CT molecular complexity index is 478. The highest BCUT2D eigenvalue weighted by atomic mass is 32.2. The molecule has 1 aromatic carbocycles. The summed E-state index contributed by atoms with van der Waals surface area (Å²) in [6, 6.07) is 6.79. The molecule has 3 rings (SSSR count). The number of rotatable bonds is 4. The maximum absolute atomic E-state index is 12.9. The van der Waals surface area contributed by atoms with Gasteiger partial charge in [0.05, 0.1) is 4.75 Å². The number of nitrogens with one attached hydrogen (secondary N) is 1. The Morgan fingerprint density at radius 1 is 1.15 bits per heavy atom. The summed E-state index contributed by atoms with van der Waals surface area (Å²) >= 11 is 1.58. The first-order valence-electron chi connectivity index (χ1n) is 7.44. The van der Waals surface area contributed by atoms with Crippen molar-refractivity contribution in [2.45, 2.75) is 60.6 Å². The maximum Gasteiger partial charge on any atom is 0.236 e. The van der Waals surface area contributed by atoms with Crippen LogP contribution in [0.4, 0.5) is 4.39 Å². The van der Waals surface area contributed by atoms with Crippen molar-refractivity contribution < 1.29 is 9.18 Å². The standard InChI is InChI=1S/C16H20FNOS/c17-12-6-8-14(9-7-12)20-16(10-11-16)15(19)18-13-4-2-1-3-5-13/h6-9,13H,1-5,10-11H2,(H,18,19). The average molecular weight is 293 g/mol. The van der Waals surface area contributed by atoms with Gasteiger partial charge in [-0.05, 0) is 49.9 Å². The van der Waals surface area contributed by atoms with Crippen LogP contribution in [0.15, 0.2) is 29.2 Å². The Balaban J connectivity index is 1.60. The highest BCUT2D eigenvalue weighted by Gasteiger charge is 2.51. The Labute approximate surface area is 123 Å². The molecule has 1 aromatic rings. The first-order chi connectivity index (χ1) is 9.68. The summed E-state index contributed by atoms with van der Waals surface area (Å²) in [6.45, 7) is 0. The summed E-state index contributed by atoms with van der Waals surface area (Å²) < 4.78 is 12.6. The normalized spacial score (nSPS) is 21.4. The number of thioether (sulfide) groups is 1. The number of hydrogen-bond donors (Lipinski definition) is 1. The van der Waals surface area contributed by atoms with E-state index in [2.05, 4.69) is 5.32 Å². The maximum atomic E-state index is 12.9. The van der Waals surface area contributed by atoms with E-state index in [1.165, 1.54) is 31.4 Å². The highest BCUT2D eigenvalue weighted by molar-refractivity contribution is 8.01. The van der Waals surface area contributed by atoms with Crippen LogP contribution in [0.2, 0.25) is 0 Å². The number of carbonyl (C=O) groups excluding carboxylic acids is 1. The molecular formula is C16H20FNOS. The Morgan fingerprint density at radius 3 is 2.40 bits per heavy atom. The molecule has 0 heterocycles. The lowest BCUT2D eigenvalue weighted by Crippen LogP contribution is -2.42. The molecule has 0 spiro atoms. The second-order valence-electron chi connectivity index (χ2n) is 5.86. The van der Waals surface area contributed by atoms with Crippen molar-refractivity contribution >= 4 is 17.7 Å². The Morgan fingerprint density at radius 2 is 1.80 bits per heavy atom. The second-order valence-corrected chi connectivity index (χ2v) is 7.32. The molecule has 2 aliphatic carbocycles. The van der Waals surface area contributed by atoms with Gasteiger partial charge in [0.1, 0.15) is 5.82 Å². The minimum Gasteiger partial charge on any atom is -0.352 e. The second kappa shape index (κ2) is 5.76. The van der Waals surface area contributed by atoms with E-state index in [-0.39, 0.29) is 16.5 Å². The third kappa shape index (κ3) is 3.17. The predicted octanol–water partition coefficient (Wildman–Crippen LogP) is 3.90. The third-order valence-corrected chi connectivity index (χ3v) is 5.68. The largest absolute Gasteiger partial charge is 0.352 e. The van der Waals surface area contributed by atoms with Crippen LogP contribution in [0.5, 0.6) is 0 Å². The molecular weight excluding hydrogens is 273 g/mol. The van der Waals surface area contributed by atoms with Crippen LogP contribution >= 0.6 is 11.8 Å². The molecule has 0 aromatic heterocycles. The van der Waals surface area contributed by atoms with Crippen molar-refractivity contribution in [3.05, 3.63) is 30.1 Å². The fourth-order valence-electron chi connectivity index (χ4n) is 2.78. The van der Waals surface area contributed by atoms with Gasteiger partial charge in [-0.3, -0.25) is 4.79 Å². The Hall–Kier alpha value is -1.03. The summed E-state index contributed by atoms with van der Waals surface area (Å²) in [6.07, 6.45) is 7.82. The molecule has 1 N–H and O–H groups in total. The van der Waals surface area contributed by atoms with Crippen LogP contribution in [0, 0.1) is 5.82 Å². The molecule has 1 amide bonds. The van der Waals surface area contributed by atoms with E-state index in [1.54, 1.807) is 23.9 Å². The van der Waals surface area contributed by atoms with Crippen molar-refractivity contribution in [3.8, 4) is 0 Å². The highest BCUT2D eigenvalue weighted by Crippen LogP contribution is 2.52. The van der Waals surface area contributed by atoms with Crippen molar-refractivity contribution in [2.24, 2.45) is 0 Å². The molecule has 108 valence electrons. The zero-order valence-electron chi connectivity index (χ0n) is 11.5. The summed E-state index contributed by atoms with van der Waals surface area (Å²) in [5.74, 6) is -0.0513. The van der Waals surface area contributed by atoms with E-state index in [9.17, 15) is 9.18 Å². The monoisotopic (exact) mass is 293 g/mol. The quantitative estimate of drug-likeness (QED) is 0.912. The molecule has 0 unspecified atom stereocenters. The fourth-order valence-corrected chi connectivity index (χ4v) is 3.96. The van der Waals surface area contributed by atoms with Crippen molar-refractivity contribution in [2.75, 3.05) is 0 Å². The van der Waals surface area contributed by atoms with E-state index < -0.39 is 0 Å². The molecule has 0 aliphatic heterocycles. The van der Waals surface area contributed by atoms with Gasteiger partial charge in [-0.15, -0.1) is 11.8 Å². The van der Waals surface area contributed by atoms with Crippen molar-refractivity contribution in [3.63, 3.8) is 0 Å². The predicted molar refractivity (Wildman–Crippen MR) is 79.2 cm³/mol. The summed E-state index contributed by atoms with van der Waals surface area (Å²) in [5.41, 5.74) is 0. The first-order valence-corrected chi connectivity index (χ1v) is 8.25. The molecule has 0 atom stereocenters. The number of hydrogen-bond acceptors (Lipinski definition) is 2. The van der Waals surface area contributed by atoms with E-state index in [4.69, 9.17) is 0 Å². The minimum absolute atomic E-state index is 0.179. The van der Waals surface area contributed by atoms with Crippen LogP contribution in [-0.4, -0.2) is 16.7 Å². The van der Waals surface area contributed by atoms with Gasteiger partial charge >= 0.3 is 0 Å². The smallest absolute Gasteiger partial charge is 0.236 e. The van der Waals surface area contributed by atoms with Gasteiger partial charge in [0.2, 0.25) is 5.91 Å². The average Bonchev–Trinajstić information content (AvgIpc) is 3.24. The van der Waals surface area contributed by atoms with E-state index in [1.807, 2.05) is 0 Å². The van der Waals surface area contributed by atoms with Gasteiger partial charge in [-0.1, -0.05) is 19.3 Å². The van der Waals surface area contributed by atoms with E-state index >= 15 is 0 Å². The van der Waals surface area contributed by atoms with Gasteiger partial charge in [0.25, 0.3) is 0 Å². The van der Waals surface area contributed by atoms with Crippen LogP contribution < -0.4 is 5.32 Å². The number of halogens is 1. The third-order valence-electron chi connectivity index (χ3n) is 4.19. The van der Waals surface area contributed by atoms with Crippen LogP contribution in [0.3, 0.4) is 0 Å². The van der Waals surface area contributed by atoms with Gasteiger partial charge in [-0.25, -0.2) is 4.39 Å². The minimum atomic E-state index is -0.296. The lowest BCUT2D eigenvalue weighted by Gasteiger charge is -2.25. The molecule has 0 bridgehead atoms. The van der Waals surface area contributed by atoms with Gasteiger partial charge in [0.15, 0.2) is 0 Å². The molecule has 0 radical (unpaired) electrons. The van der Waals surface area contributed by atoms with Gasteiger partial charge < -0.3 is 5.32 Å². The molecule has 2 aliphatic rings. The topological polar surface area (TPSA) is 29.1 Å². The van der Waals surface area contributed by atoms with Crippen LogP contribution in [-0.2, 0) is 4.79 Å². The van der Waals surface area contributed by atoms with Gasteiger partial charge in [-0.2, -0.15) is 0 Å². The molecule has 2 nitrogen and oxygen atoms in total. The lowest BCUT2D eigenvalue weighted by molar-refractivity contribution is -0.122. The van der Waals surface area contributed by atoms with Gasteiger partial charge in [0, 0.05) is 10.9 Å². The van der Waals surface area contributed by atoms with Crippen molar-refractivity contribution in [1.82, 2.24) is 5.32 Å². The zero-order valence-corrected chi connectivity index (χ0v) is 12.3. The Kier molecular flexibility index (Phi) is 4.01. The number of carbonyl (C=O) groups is 1. The summed E-state index contributed by atoms with van der Waals surface area (Å²) in [7, 11) is 0.